The SMILES string of the molecule is O=C1N[C@]2(CCCc3ccccc32)C(=O)N1CCOc1ccccc1. The van der Waals surface area contributed by atoms with E-state index in [-0.39, 0.29) is 25.1 Å². The molecule has 4 rings (SSSR count). The number of imide groups is 1. The molecule has 2 aromatic rings. The Morgan fingerprint density at radius 3 is 2.64 bits per heavy atom. The number of para-hydroxylation sites is 1. The van der Waals surface area contributed by atoms with Crippen LogP contribution < -0.4 is 10.1 Å². The van der Waals surface area contributed by atoms with E-state index in [1.165, 1.54) is 4.90 Å². The van der Waals surface area contributed by atoms with E-state index >= 15 is 0 Å². The van der Waals surface area contributed by atoms with Crippen molar-refractivity contribution in [2.24, 2.45) is 0 Å². The largest absolute Gasteiger partial charge is 0.492 e. The van der Waals surface area contributed by atoms with Gasteiger partial charge in [0.15, 0.2) is 0 Å². The van der Waals surface area contributed by atoms with Gasteiger partial charge in [-0.3, -0.25) is 9.69 Å². The van der Waals surface area contributed by atoms with Crippen molar-refractivity contribution in [2.75, 3.05) is 13.2 Å². The maximum atomic E-state index is 13.1. The van der Waals surface area contributed by atoms with Crippen LogP contribution in [0, 0.1) is 0 Å². The number of hydrogen-bond donors (Lipinski definition) is 1. The van der Waals surface area contributed by atoms with Gasteiger partial charge in [-0.1, -0.05) is 42.5 Å². The van der Waals surface area contributed by atoms with Crippen LogP contribution in [0.25, 0.3) is 0 Å². The summed E-state index contributed by atoms with van der Waals surface area (Å²) >= 11 is 0. The Bertz CT molecular complexity index is 806. The number of benzene rings is 2. The topological polar surface area (TPSA) is 58.6 Å². The van der Waals surface area contributed by atoms with Crippen LogP contribution in [-0.2, 0) is 16.8 Å². The lowest BCUT2D eigenvalue weighted by Gasteiger charge is -2.33. The number of nitrogens with one attached hydrogen (secondary N) is 1. The fourth-order valence-electron chi connectivity index (χ4n) is 3.79. The first-order valence-electron chi connectivity index (χ1n) is 8.61. The monoisotopic (exact) mass is 336 g/mol. The van der Waals surface area contributed by atoms with Gasteiger partial charge >= 0.3 is 6.03 Å². The minimum absolute atomic E-state index is 0.165. The predicted molar refractivity (Wildman–Crippen MR) is 93.2 cm³/mol. The van der Waals surface area contributed by atoms with Gasteiger partial charge in [-0.05, 0) is 42.5 Å². The van der Waals surface area contributed by atoms with Crippen LogP contribution in [0.2, 0.25) is 0 Å². The zero-order valence-electron chi connectivity index (χ0n) is 13.9. The molecule has 1 spiro atoms. The number of nitrogens with zero attached hydrogens (tertiary/aromatic N) is 1. The number of urea groups is 1. The average molecular weight is 336 g/mol. The molecule has 0 aromatic heterocycles. The molecule has 1 N–H and O–H groups in total. The lowest BCUT2D eigenvalue weighted by molar-refractivity contribution is -0.132. The maximum Gasteiger partial charge on any atom is 0.325 e. The van der Waals surface area contributed by atoms with Crippen molar-refractivity contribution < 1.29 is 14.3 Å². The highest BCUT2D eigenvalue weighted by Gasteiger charge is 2.53. The number of rotatable bonds is 4. The molecule has 0 saturated carbocycles. The fraction of sp³-hybridized carbons (Fsp3) is 0.300. The molecule has 2 aliphatic rings. The summed E-state index contributed by atoms with van der Waals surface area (Å²) in [5, 5.41) is 2.96. The van der Waals surface area contributed by atoms with E-state index in [1.807, 2.05) is 54.6 Å². The Hall–Kier alpha value is -2.82. The van der Waals surface area contributed by atoms with Gasteiger partial charge < -0.3 is 10.1 Å². The molecule has 0 radical (unpaired) electrons. The molecule has 0 unspecified atom stereocenters. The molecule has 5 heteroatoms. The first-order chi connectivity index (χ1) is 12.2. The molecule has 1 saturated heterocycles. The van der Waals surface area contributed by atoms with Crippen molar-refractivity contribution in [3.05, 3.63) is 65.7 Å². The first kappa shape index (κ1) is 15.7. The molecule has 0 bridgehead atoms. The summed E-state index contributed by atoms with van der Waals surface area (Å²) < 4.78 is 5.64. The van der Waals surface area contributed by atoms with Crippen LogP contribution in [0.15, 0.2) is 54.6 Å². The van der Waals surface area contributed by atoms with Crippen LogP contribution in [0.4, 0.5) is 4.79 Å². The Morgan fingerprint density at radius 1 is 1.04 bits per heavy atom. The third-order valence-electron chi connectivity index (χ3n) is 4.98. The Morgan fingerprint density at radius 2 is 1.80 bits per heavy atom. The fourth-order valence-corrected chi connectivity index (χ4v) is 3.79. The molecule has 128 valence electrons. The second kappa shape index (κ2) is 6.24. The van der Waals surface area contributed by atoms with E-state index in [4.69, 9.17) is 4.74 Å². The molecule has 3 amide bonds. The van der Waals surface area contributed by atoms with E-state index < -0.39 is 5.54 Å². The van der Waals surface area contributed by atoms with Crippen LogP contribution in [-0.4, -0.2) is 30.0 Å². The van der Waals surface area contributed by atoms with Gasteiger partial charge in [-0.2, -0.15) is 0 Å². The van der Waals surface area contributed by atoms with Gasteiger partial charge in [-0.25, -0.2) is 4.79 Å². The highest BCUT2D eigenvalue weighted by Crippen LogP contribution is 2.39. The van der Waals surface area contributed by atoms with Gasteiger partial charge in [0.25, 0.3) is 5.91 Å². The summed E-state index contributed by atoms with van der Waals surface area (Å²) in [6, 6.07) is 16.9. The highest BCUT2D eigenvalue weighted by atomic mass is 16.5. The van der Waals surface area contributed by atoms with Gasteiger partial charge in [0.1, 0.15) is 17.9 Å². The van der Waals surface area contributed by atoms with Crippen molar-refractivity contribution in [2.45, 2.75) is 24.8 Å². The molecule has 1 aliphatic heterocycles. The van der Waals surface area contributed by atoms with Crippen molar-refractivity contribution in [1.82, 2.24) is 10.2 Å². The molecular formula is C20H20N2O3. The van der Waals surface area contributed by atoms with Crippen LogP contribution in [0.1, 0.15) is 24.0 Å². The summed E-state index contributed by atoms with van der Waals surface area (Å²) in [6.45, 7) is 0.518. The van der Waals surface area contributed by atoms with Crippen molar-refractivity contribution in [1.29, 1.82) is 0 Å². The van der Waals surface area contributed by atoms with Crippen molar-refractivity contribution >= 4 is 11.9 Å². The first-order valence-corrected chi connectivity index (χ1v) is 8.61. The third-order valence-corrected chi connectivity index (χ3v) is 4.98. The van der Waals surface area contributed by atoms with Gasteiger partial charge in [-0.15, -0.1) is 0 Å². The summed E-state index contributed by atoms with van der Waals surface area (Å²) in [7, 11) is 0. The summed E-state index contributed by atoms with van der Waals surface area (Å²) in [5.74, 6) is 0.564. The number of hydrogen-bond acceptors (Lipinski definition) is 3. The quantitative estimate of drug-likeness (QED) is 0.874. The minimum atomic E-state index is -0.904. The Kier molecular flexibility index (Phi) is 3.92. The van der Waals surface area contributed by atoms with E-state index in [0.29, 0.717) is 6.42 Å². The lowest BCUT2D eigenvalue weighted by atomic mass is 9.76. The second-order valence-corrected chi connectivity index (χ2v) is 6.46. The molecular weight excluding hydrogens is 316 g/mol. The molecule has 1 heterocycles. The molecule has 25 heavy (non-hydrogen) atoms. The number of aryl methyl sites for hydroxylation is 1. The number of amides is 3. The van der Waals surface area contributed by atoms with Gasteiger partial charge in [0.05, 0.1) is 6.54 Å². The van der Waals surface area contributed by atoms with E-state index in [2.05, 4.69) is 5.32 Å². The smallest absolute Gasteiger partial charge is 0.325 e. The summed E-state index contributed by atoms with van der Waals surface area (Å²) in [4.78, 5) is 26.8. The summed E-state index contributed by atoms with van der Waals surface area (Å²) in [6.07, 6.45) is 2.47. The number of ether oxygens (including phenoxy) is 1. The zero-order valence-corrected chi connectivity index (χ0v) is 13.9. The van der Waals surface area contributed by atoms with E-state index in [9.17, 15) is 9.59 Å². The normalized spacial score (nSPS) is 22.0. The molecule has 5 nitrogen and oxygen atoms in total. The molecule has 2 aromatic carbocycles. The molecule has 1 atom stereocenters. The van der Waals surface area contributed by atoms with Crippen LogP contribution in [0.3, 0.4) is 0 Å². The zero-order chi connectivity index (χ0) is 17.3. The van der Waals surface area contributed by atoms with Crippen molar-refractivity contribution in [3.63, 3.8) is 0 Å². The lowest BCUT2D eigenvalue weighted by Crippen LogP contribution is -2.46. The standard InChI is InChI=1S/C20H20N2O3/c23-18-20(12-6-8-15-7-4-5-11-17(15)20)21-19(24)22(18)13-14-25-16-9-2-1-3-10-16/h1-5,7,9-11H,6,8,12-14H2,(H,21,24)/t20-/m0/s1. The van der Waals surface area contributed by atoms with Gasteiger partial charge in [0, 0.05) is 0 Å². The number of fused-ring (bicyclic) bond motifs is 2. The second-order valence-electron chi connectivity index (χ2n) is 6.46. The number of carbonyl (C=O) groups is 2. The number of carbonyl (C=O) groups excluding carboxylic acids is 2. The highest BCUT2D eigenvalue weighted by molar-refractivity contribution is 6.07. The molecule has 1 aliphatic carbocycles. The maximum absolute atomic E-state index is 13.1. The van der Waals surface area contributed by atoms with Crippen LogP contribution >= 0.6 is 0 Å². The molecule has 1 fully saturated rings. The van der Waals surface area contributed by atoms with E-state index in [1.54, 1.807) is 0 Å². The minimum Gasteiger partial charge on any atom is -0.492 e. The Balaban J connectivity index is 1.51. The average Bonchev–Trinajstić information content (AvgIpc) is 2.88. The third kappa shape index (κ3) is 2.65. The predicted octanol–water partition coefficient (Wildman–Crippen LogP) is 2.85. The van der Waals surface area contributed by atoms with Crippen molar-refractivity contribution in [3.8, 4) is 5.75 Å². The van der Waals surface area contributed by atoms with Crippen LogP contribution in [0.5, 0.6) is 5.75 Å². The summed E-state index contributed by atoms with van der Waals surface area (Å²) in [5.41, 5.74) is 1.18. The Labute approximate surface area is 146 Å². The van der Waals surface area contributed by atoms with Gasteiger partial charge in [0.2, 0.25) is 0 Å². The van der Waals surface area contributed by atoms with E-state index in [0.717, 1.165) is 29.7 Å².